The summed E-state index contributed by atoms with van der Waals surface area (Å²) in [5.74, 6) is 1.81. The molecule has 2 aromatic heterocycles. The lowest BCUT2D eigenvalue weighted by Gasteiger charge is -2.07. The maximum absolute atomic E-state index is 5.16. The topological polar surface area (TPSA) is 51.5 Å². The van der Waals surface area contributed by atoms with E-state index in [-0.39, 0.29) is 0 Å². The number of hydrogen-bond acceptors (Lipinski definition) is 4. The van der Waals surface area contributed by atoms with Crippen molar-refractivity contribution in [3.63, 3.8) is 0 Å². The maximum atomic E-state index is 5.16. The first-order valence-corrected chi connectivity index (χ1v) is 5.50. The van der Waals surface area contributed by atoms with E-state index in [1.807, 2.05) is 22.7 Å². The molecular formula is C11H14N4O. The van der Waals surface area contributed by atoms with Crippen molar-refractivity contribution >= 4 is 5.65 Å². The zero-order chi connectivity index (χ0) is 11.0. The summed E-state index contributed by atoms with van der Waals surface area (Å²) in [6.07, 6.45) is 4.30. The zero-order valence-electron chi connectivity index (χ0n) is 9.18. The Balaban J connectivity index is 2.06. The Morgan fingerprint density at radius 2 is 2.44 bits per heavy atom. The van der Waals surface area contributed by atoms with Crippen LogP contribution in [-0.4, -0.2) is 28.3 Å². The predicted octanol–water partition coefficient (Wildman–Crippen LogP) is 1.16. The van der Waals surface area contributed by atoms with Gasteiger partial charge in [0.25, 0.3) is 0 Å². The summed E-state index contributed by atoms with van der Waals surface area (Å²) in [5, 5.41) is 11.8. The largest absolute Gasteiger partial charge is 0.497 e. The van der Waals surface area contributed by atoms with E-state index < -0.39 is 0 Å². The van der Waals surface area contributed by atoms with Crippen LogP contribution in [0.4, 0.5) is 0 Å². The monoisotopic (exact) mass is 218 g/mol. The van der Waals surface area contributed by atoms with Crippen LogP contribution in [0.5, 0.6) is 5.75 Å². The van der Waals surface area contributed by atoms with Crippen LogP contribution in [0, 0.1) is 0 Å². The minimum Gasteiger partial charge on any atom is -0.497 e. The first kappa shape index (κ1) is 9.59. The fourth-order valence-electron chi connectivity index (χ4n) is 2.16. The highest BCUT2D eigenvalue weighted by atomic mass is 16.5. The highest BCUT2D eigenvalue weighted by Gasteiger charge is 2.21. The molecule has 1 atom stereocenters. The number of methoxy groups -OCH3 is 1. The van der Waals surface area contributed by atoms with E-state index in [2.05, 4.69) is 15.5 Å². The van der Waals surface area contributed by atoms with Gasteiger partial charge in [-0.15, -0.1) is 10.2 Å². The second kappa shape index (κ2) is 3.75. The van der Waals surface area contributed by atoms with Gasteiger partial charge in [-0.05, 0) is 25.5 Å². The first-order valence-electron chi connectivity index (χ1n) is 5.50. The van der Waals surface area contributed by atoms with Crippen LogP contribution in [0.15, 0.2) is 18.3 Å². The highest BCUT2D eigenvalue weighted by molar-refractivity contribution is 5.44. The molecule has 1 saturated heterocycles. The maximum Gasteiger partial charge on any atom is 0.164 e. The molecule has 0 amide bonds. The average molecular weight is 218 g/mol. The number of rotatable bonds is 2. The van der Waals surface area contributed by atoms with Gasteiger partial charge in [0.1, 0.15) is 5.75 Å². The summed E-state index contributed by atoms with van der Waals surface area (Å²) in [4.78, 5) is 0. The van der Waals surface area contributed by atoms with Gasteiger partial charge in [0.05, 0.1) is 13.2 Å². The highest BCUT2D eigenvalue weighted by Crippen LogP contribution is 2.23. The van der Waals surface area contributed by atoms with Crippen LogP contribution in [0.1, 0.15) is 24.7 Å². The molecule has 16 heavy (non-hydrogen) atoms. The smallest absolute Gasteiger partial charge is 0.164 e. The Morgan fingerprint density at radius 3 is 3.19 bits per heavy atom. The molecule has 0 saturated carbocycles. The minimum absolute atomic E-state index is 0.336. The van der Waals surface area contributed by atoms with Gasteiger partial charge in [-0.3, -0.25) is 4.40 Å². The molecule has 3 heterocycles. The number of nitrogens with zero attached hydrogens (tertiary/aromatic N) is 3. The lowest BCUT2D eigenvalue weighted by Crippen LogP contribution is -2.15. The number of nitrogens with one attached hydrogen (secondary N) is 1. The Bertz CT molecular complexity index is 502. The Labute approximate surface area is 93.4 Å². The molecule has 0 bridgehead atoms. The van der Waals surface area contributed by atoms with E-state index >= 15 is 0 Å². The van der Waals surface area contributed by atoms with Gasteiger partial charge in [-0.1, -0.05) is 0 Å². The third kappa shape index (κ3) is 1.44. The molecule has 1 aliphatic heterocycles. The minimum atomic E-state index is 0.336. The van der Waals surface area contributed by atoms with Crippen molar-refractivity contribution < 1.29 is 4.74 Å². The molecule has 5 heteroatoms. The molecule has 1 unspecified atom stereocenters. The number of hydrogen-bond donors (Lipinski definition) is 1. The van der Waals surface area contributed by atoms with Crippen molar-refractivity contribution in [1.29, 1.82) is 0 Å². The average Bonchev–Trinajstić information content (AvgIpc) is 2.96. The van der Waals surface area contributed by atoms with E-state index in [4.69, 9.17) is 4.74 Å². The molecule has 0 aliphatic carbocycles. The van der Waals surface area contributed by atoms with E-state index in [0.717, 1.165) is 30.2 Å². The molecular weight excluding hydrogens is 204 g/mol. The van der Waals surface area contributed by atoms with E-state index in [1.54, 1.807) is 7.11 Å². The number of ether oxygens (including phenoxy) is 1. The summed E-state index contributed by atoms with van der Waals surface area (Å²) in [6.45, 7) is 1.07. The molecule has 1 N–H and O–H groups in total. The summed E-state index contributed by atoms with van der Waals surface area (Å²) in [5.41, 5.74) is 0.836. The molecule has 84 valence electrons. The van der Waals surface area contributed by atoms with Gasteiger partial charge in [-0.2, -0.15) is 0 Å². The molecule has 3 rings (SSSR count). The van der Waals surface area contributed by atoms with E-state index in [0.29, 0.717) is 6.04 Å². The fraction of sp³-hybridized carbons (Fsp3) is 0.455. The lowest BCUT2D eigenvalue weighted by molar-refractivity contribution is 0.414. The van der Waals surface area contributed by atoms with Crippen LogP contribution in [0.25, 0.3) is 5.65 Å². The van der Waals surface area contributed by atoms with E-state index in [9.17, 15) is 0 Å². The number of fused-ring (bicyclic) bond motifs is 1. The van der Waals surface area contributed by atoms with Crippen LogP contribution in [-0.2, 0) is 0 Å². The van der Waals surface area contributed by atoms with Crippen molar-refractivity contribution in [2.75, 3.05) is 13.7 Å². The third-order valence-electron chi connectivity index (χ3n) is 3.02. The summed E-state index contributed by atoms with van der Waals surface area (Å²) in [7, 11) is 1.65. The number of pyridine rings is 1. The van der Waals surface area contributed by atoms with Crippen LogP contribution in [0.3, 0.4) is 0 Å². The summed E-state index contributed by atoms with van der Waals surface area (Å²) >= 11 is 0. The van der Waals surface area contributed by atoms with Crippen molar-refractivity contribution in [3.8, 4) is 5.75 Å². The zero-order valence-corrected chi connectivity index (χ0v) is 9.18. The second-order valence-electron chi connectivity index (χ2n) is 4.00. The summed E-state index contributed by atoms with van der Waals surface area (Å²) < 4.78 is 7.18. The standard InChI is InChI=1S/C11H14N4O/c1-16-8-4-6-15-10(7-8)13-14-11(15)9-3-2-5-12-9/h4,6-7,9,12H,2-3,5H2,1H3. The van der Waals surface area contributed by atoms with Crippen molar-refractivity contribution in [2.24, 2.45) is 0 Å². The van der Waals surface area contributed by atoms with Crippen molar-refractivity contribution in [1.82, 2.24) is 19.9 Å². The third-order valence-corrected chi connectivity index (χ3v) is 3.02. The van der Waals surface area contributed by atoms with Crippen LogP contribution in [0.2, 0.25) is 0 Å². The Hall–Kier alpha value is -1.62. The molecule has 0 radical (unpaired) electrons. The normalized spacial score (nSPS) is 20.4. The molecule has 2 aromatic rings. The van der Waals surface area contributed by atoms with Gasteiger partial charge in [0.2, 0.25) is 0 Å². The van der Waals surface area contributed by atoms with Gasteiger partial charge < -0.3 is 10.1 Å². The fourth-order valence-corrected chi connectivity index (χ4v) is 2.16. The molecule has 5 nitrogen and oxygen atoms in total. The van der Waals surface area contributed by atoms with Crippen molar-refractivity contribution in [2.45, 2.75) is 18.9 Å². The molecule has 0 aromatic carbocycles. The van der Waals surface area contributed by atoms with E-state index in [1.165, 1.54) is 6.42 Å². The Morgan fingerprint density at radius 1 is 1.50 bits per heavy atom. The SMILES string of the molecule is COc1ccn2c(C3CCCN3)nnc2c1. The molecule has 0 spiro atoms. The van der Waals surface area contributed by atoms with Gasteiger partial charge in [0, 0.05) is 12.3 Å². The van der Waals surface area contributed by atoms with Crippen LogP contribution < -0.4 is 10.1 Å². The molecule has 1 aliphatic rings. The molecule has 1 fully saturated rings. The van der Waals surface area contributed by atoms with Crippen LogP contribution >= 0.6 is 0 Å². The van der Waals surface area contributed by atoms with Gasteiger partial charge >= 0.3 is 0 Å². The summed E-state index contributed by atoms with van der Waals surface area (Å²) in [6, 6.07) is 4.16. The lowest BCUT2D eigenvalue weighted by atomic mass is 10.2. The predicted molar refractivity (Wildman–Crippen MR) is 59.5 cm³/mol. The van der Waals surface area contributed by atoms with Gasteiger partial charge in [0.15, 0.2) is 11.5 Å². The quantitative estimate of drug-likeness (QED) is 0.822. The van der Waals surface area contributed by atoms with Crippen molar-refractivity contribution in [3.05, 3.63) is 24.2 Å². The first-order chi connectivity index (χ1) is 7.88. The van der Waals surface area contributed by atoms with Gasteiger partial charge in [-0.25, -0.2) is 0 Å². The number of aromatic nitrogens is 3. The Kier molecular flexibility index (Phi) is 2.25. The second-order valence-corrected chi connectivity index (χ2v) is 4.00.